The number of carbonyl (C=O) groups is 2. The molecular weight excluding hydrogens is 544 g/mol. The first-order valence-electron chi connectivity index (χ1n) is 13.3. The quantitative estimate of drug-likeness (QED) is 0.236. The van der Waals surface area contributed by atoms with E-state index in [0.717, 1.165) is 23.3 Å². The number of hydrogen-bond donors (Lipinski definition) is 0. The van der Waals surface area contributed by atoms with E-state index in [1.165, 1.54) is 13.2 Å². The second kappa shape index (κ2) is 11.9. The van der Waals surface area contributed by atoms with Gasteiger partial charge in [0.05, 0.1) is 61.5 Å². The van der Waals surface area contributed by atoms with E-state index >= 15 is 0 Å². The molecule has 1 aromatic heterocycles. The van der Waals surface area contributed by atoms with Gasteiger partial charge in [0.25, 0.3) is 5.91 Å². The molecule has 4 aromatic rings. The molecular formula is C32H29F2N3O5. The molecule has 10 heteroatoms. The largest absolute Gasteiger partial charge is 0.497 e. The molecule has 216 valence electrons. The molecule has 8 nitrogen and oxygen atoms in total. The maximum Gasteiger partial charge on any atom is 0.338 e. The van der Waals surface area contributed by atoms with Gasteiger partial charge < -0.3 is 19.1 Å². The van der Waals surface area contributed by atoms with Gasteiger partial charge in [0, 0.05) is 18.1 Å². The Morgan fingerprint density at radius 2 is 1.67 bits per heavy atom. The number of hydrogen-bond acceptors (Lipinski definition) is 7. The van der Waals surface area contributed by atoms with Crippen molar-refractivity contribution >= 4 is 11.9 Å². The van der Waals surface area contributed by atoms with Crippen LogP contribution in [-0.2, 0) is 24.2 Å². The zero-order chi connectivity index (χ0) is 30.0. The fourth-order valence-corrected chi connectivity index (χ4v) is 4.83. The second-order valence-electron chi connectivity index (χ2n) is 10.1. The lowest BCUT2D eigenvalue weighted by atomic mass is 10.0. The number of benzene rings is 3. The van der Waals surface area contributed by atoms with Crippen molar-refractivity contribution in [2.75, 3.05) is 14.2 Å². The summed E-state index contributed by atoms with van der Waals surface area (Å²) in [4.78, 5) is 36.6. The number of fused-ring (bicyclic) bond motifs is 1. The first-order valence-corrected chi connectivity index (χ1v) is 13.3. The molecule has 0 spiro atoms. The van der Waals surface area contributed by atoms with Gasteiger partial charge in [0.15, 0.2) is 5.82 Å². The van der Waals surface area contributed by atoms with E-state index < -0.39 is 17.6 Å². The third-order valence-electron chi connectivity index (χ3n) is 6.85. The van der Waals surface area contributed by atoms with Crippen molar-refractivity contribution in [3.8, 4) is 22.9 Å². The maximum atomic E-state index is 14.8. The first-order chi connectivity index (χ1) is 20.2. The minimum atomic E-state index is -0.807. The summed E-state index contributed by atoms with van der Waals surface area (Å²) in [6.45, 7) is 3.85. The van der Waals surface area contributed by atoms with Gasteiger partial charge in [-0.15, -0.1) is 0 Å². The van der Waals surface area contributed by atoms with Gasteiger partial charge in [-0.3, -0.25) is 4.79 Å². The van der Waals surface area contributed by atoms with Crippen LogP contribution in [0.1, 0.15) is 57.1 Å². The molecule has 1 amide bonds. The van der Waals surface area contributed by atoms with Gasteiger partial charge in [0.1, 0.15) is 23.1 Å². The van der Waals surface area contributed by atoms with Crippen LogP contribution < -0.4 is 9.47 Å². The summed E-state index contributed by atoms with van der Waals surface area (Å²) < 4.78 is 45.6. The number of rotatable bonds is 9. The normalized spacial score (nSPS) is 12.5. The Kier molecular flexibility index (Phi) is 8.15. The van der Waals surface area contributed by atoms with Crippen molar-refractivity contribution in [2.45, 2.75) is 39.5 Å². The molecule has 0 radical (unpaired) electrons. The predicted octanol–water partition coefficient (Wildman–Crippen LogP) is 5.75. The van der Waals surface area contributed by atoms with Gasteiger partial charge in [-0.05, 0) is 55.8 Å². The highest BCUT2D eigenvalue weighted by Gasteiger charge is 2.34. The molecule has 2 heterocycles. The second-order valence-corrected chi connectivity index (χ2v) is 10.1. The molecule has 3 aromatic carbocycles. The molecule has 1 aliphatic rings. The Morgan fingerprint density at radius 1 is 0.952 bits per heavy atom. The van der Waals surface area contributed by atoms with Crippen LogP contribution in [0.15, 0.2) is 60.7 Å². The highest BCUT2D eigenvalue weighted by atomic mass is 19.1. The molecule has 0 N–H and O–H groups in total. The Labute approximate surface area is 241 Å². The molecule has 0 unspecified atom stereocenters. The van der Waals surface area contributed by atoms with Crippen LogP contribution in [0.25, 0.3) is 11.4 Å². The van der Waals surface area contributed by atoms with E-state index in [2.05, 4.69) is 9.97 Å². The van der Waals surface area contributed by atoms with E-state index in [1.807, 2.05) is 6.07 Å². The lowest BCUT2D eigenvalue weighted by Gasteiger charge is -2.18. The zero-order valence-electron chi connectivity index (χ0n) is 23.6. The summed E-state index contributed by atoms with van der Waals surface area (Å²) in [5.41, 5.74) is 2.47. The van der Waals surface area contributed by atoms with Crippen LogP contribution in [-0.4, -0.2) is 47.1 Å². The van der Waals surface area contributed by atoms with Crippen molar-refractivity contribution in [2.24, 2.45) is 0 Å². The number of carbonyl (C=O) groups excluding carboxylic acids is 2. The molecule has 0 saturated heterocycles. The molecule has 1 aliphatic heterocycles. The van der Waals surface area contributed by atoms with Crippen LogP contribution >= 0.6 is 0 Å². The average Bonchev–Trinajstić information content (AvgIpc) is 3.28. The fourth-order valence-electron chi connectivity index (χ4n) is 4.83. The Hall–Kier alpha value is -4.86. The Morgan fingerprint density at radius 3 is 2.31 bits per heavy atom. The summed E-state index contributed by atoms with van der Waals surface area (Å²) >= 11 is 0. The number of esters is 1. The van der Waals surface area contributed by atoms with E-state index in [9.17, 15) is 18.4 Å². The summed E-state index contributed by atoms with van der Waals surface area (Å²) in [5.74, 6) is -1.36. The van der Waals surface area contributed by atoms with Crippen LogP contribution in [0.4, 0.5) is 8.78 Å². The maximum absolute atomic E-state index is 14.8. The van der Waals surface area contributed by atoms with Crippen LogP contribution in [0.2, 0.25) is 0 Å². The highest BCUT2D eigenvalue weighted by molar-refractivity contribution is 5.99. The van der Waals surface area contributed by atoms with E-state index in [4.69, 9.17) is 14.2 Å². The van der Waals surface area contributed by atoms with Crippen molar-refractivity contribution in [3.05, 3.63) is 106 Å². The number of ether oxygens (including phenoxy) is 3. The Balaban J connectivity index is 1.52. The molecule has 42 heavy (non-hydrogen) atoms. The molecule has 0 bridgehead atoms. The number of amides is 1. The van der Waals surface area contributed by atoms with E-state index in [1.54, 1.807) is 62.3 Å². The monoisotopic (exact) mass is 573 g/mol. The third-order valence-corrected chi connectivity index (χ3v) is 6.85. The van der Waals surface area contributed by atoms with Gasteiger partial charge in [-0.2, -0.15) is 0 Å². The summed E-state index contributed by atoms with van der Waals surface area (Å²) in [6, 6.07) is 15.6. The number of aromatic nitrogens is 2. The average molecular weight is 574 g/mol. The molecule has 0 saturated carbocycles. The summed E-state index contributed by atoms with van der Waals surface area (Å²) in [5, 5.41) is 0. The number of methoxy groups -OCH3 is 2. The van der Waals surface area contributed by atoms with Crippen molar-refractivity contribution in [1.82, 2.24) is 14.9 Å². The lowest BCUT2D eigenvalue weighted by Crippen LogP contribution is -2.24. The molecule has 0 aliphatic carbocycles. The van der Waals surface area contributed by atoms with Gasteiger partial charge in [-0.25, -0.2) is 23.5 Å². The first kappa shape index (κ1) is 28.7. The molecule has 5 rings (SSSR count). The smallest absolute Gasteiger partial charge is 0.338 e. The highest BCUT2D eigenvalue weighted by Crippen LogP contribution is 2.33. The van der Waals surface area contributed by atoms with Gasteiger partial charge >= 0.3 is 5.97 Å². The molecule has 0 atom stereocenters. The molecule has 0 fully saturated rings. The zero-order valence-corrected chi connectivity index (χ0v) is 23.6. The standard InChI is InChI=1S/C32H29F2N3O5/c1-18(2)42-32(39)20-10-8-19(9-11-20)14-25-29-26(36-30(35-25)28-23(33)6-5-7-24(28)34)17-37(31(29)38)16-21-12-13-22(40-3)15-27(21)41-4/h5-13,15,18H,14,16-17H2,1-4H3. The predicted molar refractivity (Wildman–Crippen MR) is 150 cm³/mol. The van der Waals surface area contributed by atoms with E-state index in [-0.39, 0.29) is 48.5 Å². The lowest BCUT2D eigenvalue weighted by molar-refractivity contribution is 0.0377. The minimum absolute atomic E-state index is 0.113. The fraction of sp³-hybridized carbons (Fsp3) is 0.250. The summed E-state index contributed by atoms with van der Waals surface area (Å²) in [7, 11) is 3.08. The third kappa shape index (κ3) is 5.79. The SMILES string of the molecule is COc1ccc(CN2Cc3nc(-c4c(F)cccc4F)nc(Cc4ccc(C(=O)OC(C)C)cc4)c3C2=O)c(OC)c1. The van der Waals surface area contributed by atoms with Crippen LogP contribution in [0, 0.1) is 11.6 Å². The topological polar surface area (TPSA) is 90.9 Å². The summed E-state index contributed by atoms with van der Waals surface area (Å²) in [6.07, 6.45) is -0.0939. The van der Waals surface area contributed by atoms with Crippen molar-refractivity contribution < 1.29 is 32.6 Å². The number of halogens is 2. The van der Waals surface area contributed by atoms with Crippen molar-refractivity contribution in [1.29, 1.82) is 0 Å². The van der Waals surface area contributed by atoms with Crippen molar-refractivity contribution in [3.63, 3.8) is 0 Å². The van der Waals surface area contributed by atoms with Gasteiger partial charge in [-0.1, -0.05) is 18.2 Å². The van der Waals surface area contributed by atoms with Gasteiger partial charge in [0.2, 0.25) is 0 Å². The van der Waals surface area contributed by atoms with Crippen LogP contribution in [0.5, 0.6) is 11.5 Å². The minimum Gasteiger partial charge on any atom is -0.497 e. The number of nitrogens with zero attached hydrogens (tertiary/aromatic N) is 3. The Bertz CT molecular complexity index is 1640. The van der Waals surface area contributed by atoms with Crippen LogP contribution in [0.3, 0.4) is 0 Å². The van der Waals surface area contributed by atoms with E-state index in [0.29, 0.717) is 28.5 Å².